The maximum atomic E-state index is 14.1. The maximum absolute atomic E-state index is 14.1. The van der Waals surface area contributed by atoms with Gasteiger partial charge in [-0.15, -0.1) is 0 Å². The number of carboxylic acids is 1. The highest BCUT2D eigenvalue weighted by Crippen LogP contribution is 2.53. The van der Waals surface area contributed by atoms with Crippen LogP contribution in [0.15, 0.2) is 6.07 Å². The molecule has 0 unspecified atom stereocenters. The Balaban J connectivity index is 2.29. The van der Waals surface area contributed by atoms with E-state index >= 15 is 0 Å². The zero-order valence-electron chi connectivity index (χ0n) is 11.1. The van der Waals surface area contributed by atoms with E-state index in [1.165, 1.54) is 13.2 Å². The Bertz CT molecular complexity index is 559. The second-order valence-corrected chi connectivity index (χ2v) is 5.09. The molecule has 0 atom stereocenters. The predicted molar refractivity (Wildman–Crippen MR) is 66.9 cm³/mol. The van der Waals surface area contributed by atoms with Crippen molar-refractivity contribution in [1.82, 2.24) is 0 Å². The van der Waals surface area contributed by atoms with Crippen LogP contribution in [0.4, 0.5) is 4.39 Å². The standard InChI is InChI=1S/C14H15FO5/c1-18-11-8(15)6-9-12(20-7-19-9)10(11)14(13(16)17)4-2-3-5-14/h6H,2-5,7H2,1H3,(H,16,17). The van der Waals surface area contributed by atoms with Gasteiger partial charge in [0.1, 0.15) is 5.41 Å². The lowest BCUT2D eigenvalue weighted by molar-refractivity contribution is -0.143. The van der Waals surface area contributed by atoms with Crippen LogP contribution >= 0.6 is 0 Å². The Hall–Kier alpha value is -1.98. The topological polar surface area (TPSA) is 65.0 Å². The summed E-state index contributed by atoms with van der Waals surface area (Å²) in [5, 5.41) is 9.68. The van der Waals surface area contributed by atoms with Gasteiger partial charge in [-0.25, -0.2) is 4.39 Å². The molecular weight excluding hydrogens is 267 g/mol. The first-order chi connectivity index (χ1) is 9.60. The molecule has 2 aliphatic rings. The van der Waals surface area contributed by atoms with Crippen LogP contribution in [0.3, 0.4) is 0 Å². The molecular formula is C14H15FO5. The Labute approximate surface area is 115 Å². The summed E-state index contributed by atoms with van der Waals surface area (Å²) in [7, 11) is 1.33. The number of carboxylic acid groups (broad SMARTS) is 1. The second kappa shape index (κ2) is 4.54. The number of benzene rings is 1. The molecule has 3 rings (SSSR count). The van der Waals surface area contributed by atoms with Crippen LogP contribution in [0.2, 0.25) is 0 Å². The lowest BCUT2D eigenvalue weighted by Crippen LogP contribution is -2.33. The van der Waals surface area contributed by atoms with E-state index in [1.807, 2.05) is 0 Å². The normalized spacial score (nSPS) is 19.1. The number of rotatable bonds is 3. The molecule has 1 aromatic carbocycles. The van der Waals surface area contributed by atoms with Gasteiger partial charge in [0, 0.05) is 6.07 Å². The second-order valence-electron chi connectivity index (χ2n) is 5.09. The number of fused-ring (bicyclic) bond motifs is 1. The molecule has 1 N–H and O–H groups in total. The van der Waals surface area contributed by atoms with Crippen molar-refractivity contribution in [2.75, 3.05) is 13.9 Å². The molecule has 1 aromatic rings. The maximum Gasteiger partial charge on any atom is 0.314 e. The minimum atomic E-state index is -1.16. The largest absolute Gasteiger partial charge is 0.493 e. The molecule has 0 aromatic heterocycles. The SMILES string of the molecule is COc1c(F)cc2c(c1C1(C(=O)O)CCCC1)OCO2. The van der Waals surface area contributed by atoms with Crippen LogP contribution in [0.1, 0.15) is 31.2 Å². The zero-order valence-corrected chi connectivity index (χ0v) is 11.1. The first kappa shape index (κ1) is 13.0. The molecule has 1 aliphatic carbocycles. The van der Waals surface area contributed by atoms with Crippen LogP contribution in [0.25, 0.3) is 0 Å². The summed E-state index contributed by atoms with van der Waals surface area (Å²) in [6.45, 7) is -0.0371. The third-order valence-corrected chi connectivity index (χ3v) is 4.12. The summed E-state index contributed by atoms with van der Waals surface area (Å²) in [5.41, 5.74) is -0.886. The van der Waals surface area contributed by atoms with Gasteiger partial charge >= 0.3 is 5.97 Å². The number of ether oxygens (including phenoxy) is 3. The van der Waals surface area contributed by atoms with E-state index in [2.05, 4.69) is 0 Å². The number of hydrogen-bond acceptors (Lipinski definition) is 4. The van der Waals surface area contributed by atoms with Gasteiger partial charge in [-0.3, -0.25) is 4.79 Å². The highest BCUT2D eigenvalue weighted by Gasteiger charge is 2.49. The quantitative estimate of drug-likeness (QED) is 0.922. The molecule has 0 spiro atoms. The van der Waals surface area contributed by atoms with Gasteiger partial charge in [-0.2, -0.15) is 0 Å². The van der Waals surface area contributed by atoms with Crippen LogP contribution in [0, 0.1) is 5.82 Å². The van der Waals surface area contributed by atoms with Crippen molar-refractivity contribution in [2.45, 2.75) is 31.1 Å². The molecule has 0 radical (unpaired) electrons. The van der Waals surface area contributed by atoms with E-state index in [9.17, 15) is 14.3 Å². The van der Waals surface area contributed by atoms with E-state index < -0.39 is 17.2 Å². The summed E-state index contributed by atoms with van der Waals surface area (Å²) >= 11 is 0. The lowest BCUT2D eigenvalue weighted by atomic mass is 9.77. The summed E-state index contributed by atoms with van der Waals surface area (Å²) in [6.07, 6.45) is 2.44. The summed E-state index contributed by atoms with van der Waals surface area (Å²) in [6, 6.07) is 1.18. The molecule has 0 amide bonds. The highest BCUT2D eigenvalue weighted by atomic mass is 19.1. The van der Waals surface area contributed by atoms with Crippen molar-refractivity contribution >= 4 is 5.97 Å². The Morgan fingerprint density at radius 1 is 1.40 bits per heavy atom. The van der Waals surface area contributed by atoms with Crippen molar-refractivity contribution < 1.29 is 28.5 Å². The Morgan fingerprint density at radius 2 is 2.10 bits per heavy atom. The van der Waals surface area contributed by atoms with Crippen LogP contribution in [-0.4, -0.2) is 25.0 Å². The zero-order chi connectivity index (χ0) is 14.3. The van der Waals surface area contributed by atoms with E-state index in [-0.39, 0.29) is 23.9 Å². The van der Waals surface area contributed by atoms with Gasteiger partial charge < -0.3 is 19.3 Å². The van der Waals surface area contributed by atoms with Crippen LogP contribution in [-0.2, 0) is 10.2 Å². The third kappa shape index (κ3) is 1.63. The average molecular weight is 282 g/mol. The first-order valence-corrected chi connectivity index (χ1v) is 6.50. The van der Waals surface area contributed by atoms with Crippen molar-refractivity contribution in [2.24, 2.45) is 0 Å². The molecule has 5 nitrogen and oxygen atoms in total. The number of hydrogen-bond donors (Lipinski definition) is 1. The highest BCUT2D eigenvalue weighted by molar-refractivity contribution is 5.85. The Morgan fingerprint density at radius 3 is 2.70 bits per heavy atom. The van der Waals surface area contributed by atoms with E-state index in [1.54, 1.807) is 0 Å². The fraction of sp³-hybridized carbons (Fsp3) is 0.500. The van der Waals surface area contributed by atoms with E-state index in [0.29, 0.717) is 18.6 Å². The van der Waals surface area contributed by atoms with Gasteiger partial charge in [-0.1, -0.05) is 12.8 Å². The minimum absolute atomic E-state index is 0.0371. The van der Waals surface area contributed by atoms with Crippen LogP contribution < -0.4 is 14.2 Å². The van der Waals surface area contributed by atoms with Gasteiger partial charge in [0.05, 0.1) is 12.7 Å². The molecule has 0 bridgehead atoms. The third-order valence-electron chi connectivity index (χ3n) is 4.12. The van der Waals surface area contributed by atoms with Crippen molar-refractivity contribution in [3.63, 3.8) is 0 Å². The predicted octanol–water partition coefficient (Wildman–Crippen LogP) is 2.46. The van der Waals surface area contributed by atoms with E-state index in [0.717, 1.165) is 12.8 Å². The molecule has 108 valence electrons. The van der Waals surface area contributed by atoms with Crippen molar-refractivity contribution in [3.8, 4) is 17.2 Å². The molecule has 1 saturated carbocycles. The number of halogens is 1. The summed E-state index contributed by atoms with van der Waals surface area (Å²) in [4.78, 5) is 11.8. The molecule has 1 fully saturated rings. The van der Waals surface area contributed by atoms with Gasteiger partial charge in [0.15, 0.2) is 23.1 Å². The summed E-state index contributed by atoms with van der Waals surface area (Å²) < 4.78 is 29.8. The minimum Gasteiger partial charge on any atom is -0.493 e. The van der Waals surface area contributed by atoms with Gasteiger partial charge in [0.25, 0.3) is 0 Å². The average Bonchev–Trinajstić information content (AvgIpc) is 3.06. The molecule has 20 heavy (non-hydrogen) atoms. The fourth-order valence-electron chi connectivity index (χ4n) is 3.18. The monoisotopic (exact) mass is 282 g/mol. The molecule has 1 heterocycles. The summed E-state index contributed by atoms with van der Waals surface area (Å²) in [5.74, 6) is -1.12. The fourth-order valence-corrected chi connectivity index (χ4v) is 3.18. The number of methoxy groups -OCH3 is 1. The van der Waals surface area contributed by atoms with E-state index in [4.69, 9.17) is 14.2 Å². The smallest absolute Gasteiger partial charge is 0.314 e. The molecule has 0 saturated heterocycles. The van der Waals surface area contributed by atoms with Crippen LogP contribution in [0.5, 0.6) is 17.2 Å². The number of carbonyl (C=O) groups is 1. The molecule has 6 heteroatoms. The lowest BCUT2D eigenvalue weighted by Gasteiger charge is -2.27. The van der Waals surface area contributed by atoms with Gasteiger partial charge in [-0.05, 0) is 12.8 Å². The van der Waals surface area contributed by atoms with Crippen molar-refractivity contribution in [3.05, 3.63) is 17.4 Å². The van der Waals surface area contributed by atoms with Crippen molar-refractivity contribution in [1.29, 1.82) is 0 Å². The first-order valence-electron chi connectivity index (χ1n) is 6.50. The molecule has 1 aliphatic heterocycles. The number of aliphatic carboxylic acids is 1. The van der Waals surface area contributed by atoms with Gasteiger partial charge in [0.2, 0.25) is 6.79 Å². The Kier molecular flexibility index (Phi) is 2.96.